The lowest BCUT2D eigenvalue weighted by Crippen LogP contribution is -2.29. The van der Waals surface area contributed by atoms with Crippen molar-refractivity contribution in [3.63, 3.8) is 0 Å². The Balaban J connectivity index is 1.55. The zero-order chi connectivity index (χ0) is 22.3. The fourth-order valence-corrected chi connectivity index (χ4v) is 3.70. The third kappa shape index (κ3) is 5.25. The summed E-state index contributed by atoms with van der Waals surface area (Å²) in [6.45, 7) is 0.517. The van der Waals surface area contributed by atoms with Crippen LogP contribution in [0.2, 0.25) is 5.02 Å². The standard InChI is InChI=1S/C26H24ClN3O2/c27-22-12-5-10-20(16-22)19-9-4-11-21(15-19)25(31)30-23(13-6-14-28)26-29-17-24(32-26)18-7-2-1-3-8-18/h1-5,7-12,15-17,23H,6,13-14,28H2,(H,30,31)/t23-/m0/s1. The van der Waals surface area contributed by atoms with E-state index in [9.17, 15) is 4.79 Å². The number of aromatic nitrogens is 1. The number of carbonyl (C=O) groups is 1. The predicted molar refractivity (Wildman–Crippen MR) is 127 cm³/mol. The maximum absolute atomic E-state index is 13.1. The molecule has 0 aliphatic heterocycles. The molecule has 32 heavy (non-hydrogen) atoms. The molecular formula is C26H24ClN3O2. The number of hydrogen-bond acceptors (Lipinski definition) is 4. The van der Waals surface area contributed by atoms with Crippen LogP contribution in [0.4, 0.5) is 0 Å². The topological polar surface area (TPSA) is 81.1 Å². The van der Waals surface area contributed by atoms with Crippen molar-refractivity contribution in [2.75, 3.05) is 6.54 Å². The van der Waals surface area contributed by atoms with Crippen LogP contribution in [0.5, 0.6) is 0 Å². The van der Waals surface area contributed by atoms with Gasteiger partial charge in [0.2, 0.25) is 5.89 Å². The van der Waals surface area contributed by atoms with Gasteiger partial charge in [-0.2, -0.15) is 0 Å². The number of amides is 1. The van der Waals surface area contributed by atoms with Gasteiger partial charge in [-0.15, -0.1) is 0 Å². The van der Waals surface area contributed by atoms with Gasteiger partial charge in [0.25, 0.3) is 5.91 Å². The molecule has 0 fully saturated rings. The predicted octanol–water partition coefficient (Wildman–Crippen LogP) is 5.87. The fraction of sp³-hybridized carbons (Fsp3) is 0.154. The first-order chi connectivity index (χ1) is 15.6. The summed E-state index contributed by atoms with van der Waals surface area (Å²) < 4.78 is 5.99. The minimum Gasteiger partial charge on any atom is -0.438 e. The molecule has 4 aromatic rings. The number of nitrogens with one attached hydrogen (secondary N) is 1. The lowest BCUT2D eigenvalue weighted by molar-refractivity contribution is 0.0927. The van der Waals surface area contributed by atoms with Gasteiger partial charge in [-0.3, -0.25) is 4.79 Å². The monoisotopic (exact) mass is 445 g/mol. The highest BCUT2D eigenvalue weighted by atomic mass is 35.5. The summed E-state index contributed by atoms with van der Waals surface area (Å²) in [5, 5.41) is 3.71. The number of carbonyl (C=O) groups excluding carboxylic acids is 1. The molecule has 0 saturated heterocycles. The normalized spacial score (nSPS) is 11.8. The number of oxazole rings is 1. The van der Waals surface area contributed by atoms with E-state index in [0.29, 0.717) is 35.2 Å². The van der Waals surface area contributed by atoms with E-state index in [0.717, 1.165) is 23.1 Å². The van der Waals surface area contributed by atoms with Gasteiger partial charge in [0.05, 0.1) is 6.20 Å². The van der Waals surface area contributed by atoms with Crippen LogP contribution in [0.25, 0.3) is 22.5 Å². The molecule has 0 saturated carbocycles. The van der Waals surface area contributed by atoms with Crippen LogP contribution in [-0.4, -0.2) is 17.4 Å². The van der Waals surface area contributed by atoms with Crippen LogP contribution in [0, 0.1) is 0 Å². The summed E-state index contributed by atoms with van der Waals surface area (Å²) in [5.74, 6) is 0.933. The molecule has 4 rings (SSSR count). The highest BCUT2D eigenvalue weighted by Gasteiger charge is 2.21. The maximum Gasteiger partial charge on any atom is 0.251 e. The summed E-state index contributed by atoms with van der Waals surface area (Å²) in [6.07, 6.45) is 3.05. The molecular weight excluding hydrogens is 422 g/mol. The zero-order valence-electron chi connectivity index (χ0n) is 17.5. The van der Waals surface area contributed by atoms with E-state index in [4.69, 9.17) is 21.8 Å². The van der Waals surface area contributed by atoms with Gasteiger partial charge in [0, 0.05) is 16.1 Å². The van der Waals surface area contributed by atoms with E-state index in [1.165, 1.54) is 0 Å². The molecule has 6 heteroatoms. The van der Waals surface area contributed by atoms with Gasteiger partial charge in [0.15, 0.2) is 5.76 Å². The molecule has 3 N–H and O–H groups in total. The lowest BCUT2D eigenvalue weighted by atomic mass is 10.0. The molecule has 1 amide bonds. The number of halogens is 1. The third-order valence-electron chi connectivity index (χ3n) is 5.16. The summed E-state index contributed by atoms with van der Waals surface area (Å²) in [6, 6.07) is 24.4. The Bertz CT molecular complexity index is 1190. The Hall–Kier alpha value is -3.41. The smallest absolute Gasteiger partial charge is 0.251 e. The molecule has 0 bridgehead atoms. The molecule has 0 spiro atoms. The van der Waals surface area contributed by atoms with Crippen molar-refractivity contribution < 1.29 is 9.21 Å². The van der Waals surface area contributed by atoms with Crippen LogP contribution in [0.1, 0.15) is 35.1 Å². The van der Waals surface area contributed by atoms with Crippen molar-refractivity contribution in [3.05, 3.63) is 102 Å². The van der Waals surface area contributed by atoms with Gasteiger partial charge in [-0.1, -0.05) is 66.2 Å². The minimum absolute atomic E-state index is 0.199. The Kier molecular flexibility index (Phi) is 7.00. The number of nitrogens with zero attached hydrogens (tertiary/aromatic N) is 1. The average molecular weight is 446 g/mol. The highest BCUT2D eigenvalue weighted by Crippen LogP contribution is 2.26. The molecule has 1 atom stereocenters. The molecule has 0 aliphatic rings. The van der Waals surface area contributed by atoms with Gasteiger partial charge in [-0.25, -0.2) is 4.98 Å². The first-order valence-electron chi connectivity index (χ1n) is 10.5. The molecule has 5 nitrogen and oxygen atoms in total. The van der Waals surface area contributed by atoms with E-state index >= 15 is 0 Å². The largest absolute Gasteiger partial charge is 0.438 e. The molecule has 1 aromatic heterocycles. The van der Waals surface area contributed by atoms with Gasteiger partial charge in [0.1, 0.15) is 6.04 Å². The Morgan fingerprint density at radius 3 is 2.44 bits per heavy atom. The molecule has 3 aromatic carbocycles. The quantitative estimate of drug-likeness (QED) is 0.355. The van der Waals surface area contributed by atoms with E-state index in [-0.39, 0.29) is 11.9 Å². The van der Waals surface area contributed by atoms with Gasteiger partial charge >= 0.3 is 0 Å². The summed E-state index contributed by atoms with van der Waals surface area (Å²) in [5.41, 5.74) is 9.07. The molecule has 0 unspecified atom stereocenters. The van der Waals surface area contributed by atoms with Crippen LogP contribution in [-0.2, 0) is 0 Å². The number of benzene rings is 3. The van der Waals surface area contributed by atoms with Crippen molar-refractivity contribution >= 4 is 17.5 Å². The Morgan fingerprint density at radius 2 is 1.69 bits per heavy atom. The summed E-state index contributed by atoms with van der Waals surface area (Å²) >= 11 is 6.12. The second-order valence-corrected chi connectivity index (χ2v) is 7.91. The van der Waals surface area contributed by atoms with Crippen LogP contribution < -0.4 is 11.1 Å². The second-order valence-electron chi connectivity index (χ2n) is 7.48. The van der Waals surface area contributed by atoms with Gasteiger partial charge < -0.3 is 15.5 Å². The average Bonchev–Trinajstić information content (AvgIpc) is 3.32. The fourth-order valence-electron chi connectivity index (χ4n) is 3.51. The van der Waals surface area contributed by atoms with E-state index in [1.807, 2.05) is 72.8 Å². The van der Waals surface area contributed by atoms with Crippen molar-refractivity contribution in [3.8, 4) is 22.5 Å². The number of nitrogens with two attached hydrogens (primary N) is 1. The van der Waals surface area contributed by atoms with E-state index < -0.39 is 0 Å². The number of rotatable bonds is 8. The first-order valence-corrected chi connectivity index (χ1v) is 10.9. The van der Waals surface area contributed by atoms with Crippen LogP contribution in [0.15, 0.2) is 89.5 Å². The SMILES string of the molecule is NCCC[C@H](NC(=O)c1cccc(-c2cccc(Cl)c2)c1)c1ncc(-c2ccccc2)o1. The van der Waals surface area contributed by atoms with E-state index in [1.54, 1.807) is 12.3 Å². The molecule has 1 heterocycles. The number of hydrogen-bond donors (Lipinski definition) is 2. The van der Waals surface area contributed by atoms with Crippen LogP contribution in [0.3, 0.4) is 0 Å². The van der Waals surface area contributed by atoms with Crippen LogP contribution >= 0.6 is 11.6 Å². The molecule has 162 valence electrons. The third-order valence-corrected chi connectivity index (χ3v) is 5.40. The van der Waals surface area contributed by atoms with Crippen molar-refractivity contribution in [1.29, 1.82) is 0 Å². The summed E-state index contributed by atoms with van der Waals surface area (Å²) in [4.78, 5) is 17.5. The van der Waals surface area contributed by atoms with E-state index in [2.05, 4.69) is 10.3 Å². The second kappa shape index (κ2) is 10.3. The van der Waals surface area contributed by atoms with Crippen molar-refractivity contribution in [1.82, 2.24) is 10.3 Å². The van der Waals surface area contributed by atoms with Gasteiger partial charge in [-0.05, 0) is 54.8 Å². The van der Waals surface area contributed by atoms with Crippen molar-refractivity contribution in [2.24, 2.45) is 5.73 Å². The Morgan fingerprint density at radius 1 is 0.969 bits per heavy atom. The molecule has 0 aliphatic carbocycles. The molecule has 0 radical (unpaired) electrons. The van der Waals surface area contributed by atoms with Crippen molar-refractivity contribution in [2.45, 2.75) is 18.9 Å². The highest BCUT2D eigenvalue weighted by molar-refractivity contribution is 6.30. The minimum atomic E-state index is -0.377. The Labute approximate surface area is 192 Å². The summed E-state index contributed by atoms with van der Waals surface area (Å²) in [7, 11) is 0. The zero-order valence-corrected chi connectivity index (χ0v) is 18.3. The maximum atomic E-state index is 13.1. The lowest BCUT2D eigenvalue weighted by Gasteiger charge is -2.16. The first kappa shape index (κ1) is 21.8.